The van der Waals surface area contributed by atoms with Gasteiger partial charge < -0.3 is 15.2 Å². The van der Waals surface area contributed by atoms with E-state index in [-0.39, 0.29) is 6.10 Å². The molecule has 2 aromatic carbocycles. The summed E-state index contributed by atoms with van der Waals surface area (Å²) in [7, 11) is 0. The normalized spacial score (nSPS) is 22.4. The van der Waals surface area contributed by atoms with Crippen molar-refractivity contribution in [1.29, 1.82) is 0 Å². The predicted molar refractivity (Wildman–Crippen MR) is 75.2 cm³/mol. The summed E-state index contributed by atoms with van der Waals surface area (Å²) in [4.78, 5) is 0. The number of hydrogen-bond donors (Lipinski definition) is 2. The maximum absolute atomic E-state index is 9.82. The minimum absolute atomic E-state index is 0.176. The van der Waals surface area contributed by atoms with Crippen LogP contribution in [-0.2, 0) is 0 Å². The molecule has 2 N–H and O–H groups in total. The summed E-state index contributed by atoms with van der Waals surface area (Å²) in [6, 6.07) is 18.1. The molecule has 0 amide bonds. The Morgan fingerprint density at radius 1 is 0.947 bits per heavy atom. The molecule has 2 aromatic rings. The maximum Gasteiger partial charge on any atom is 0.138 e. The van der Waals surface area contributed by atoms with Gasteiger partial charge >= 0.3 is 0 Å². The van der Waals surface area contributed by atoms with E-state index in [1.165, 1.54) is 0 Å². The van der Waals surface area contributed by atoms with Gasteiger partial charge in [0.15, 0.2) is 0 Å². The second kappa shape index (κ2) is 5.43. The van der Waals surface area contributed by atoms with E-state index in [9.17, 15) is 5.11 Å². The van der Waals surface area contributed by atoms with Crippen molar-refractivity contribution in [3.05, 3.63) is 54.6 Å². The Labute approximate surface area is 112 Å². The topological polar surface area (TPSA) is 41.5 Å². The molecular formula is C16H17NO2. The number of para-hydroxylation sites is 1. The second-order valence-electron chi connectivity index (χ2n) is 4.74. The van der Waals surface area contributed by atoms with Crippen LogP contribution < -0.4 is 10.1 Å². The van der Waals surface area contributed by atoms with Gasteiger partial charge in [0.25, 0.3) is 0 Å². The monoisotopic (exact) mass is 255 g/mol. The smallest absolute Gasteiger partial charge is 0.138 e. The number of ether oxygens (including phenoxy) is 1. The molecule has 3 nitrogen and oxygen atoms in total. The van der Waals surface area contributed by atoms with Crippen LogP contribution in [0.1, 0.15) is 0 Å². The van der Waals surface area contributed by atoms with Crippen molar-refractivity contribution >= 4 is 0 Å². The highest BCUT2D eigenvalue weighted by Crippen LogP contribution is 2.30. The molecule has 2 atom stereocenters. The summed E-state index contributed by atoms with van der Waals surface area (Å²) in [6.07, 6.45) is -0.617. The second-order valence-corrected chi connectivity index (χ2v) is 4.74. The fourth-order valence-corrected chi connectivity index (χ4v) is 2.35. The Balaban J connectivity index is 1.89. The van der Waals surface area contributed by atoms with Crippen molar-refractivity contribution in [3.8, 4) is 16.9 Å². The third-order valence-corrected chi connectivity index (χ3v) is 3.38. The van der Waals surface area contributed by atoms with Gasteiger partial charge in [0.1, 0.15) is 18.0 Å². The quantitative estimate of drug-likeness (QED) is 0.882. The highest BCUT2D eigenvalue weighted by Gasteiger charge is 2.27. The molecule has 1 aliphatic heterocycles. The van der Waals surface area contributed by atoms with Crippen molar-refractivity contribution in [2.24, 2.45) is 0 Å². The molecule has 3 rings (SSSR count). The summed E-state index contributed by atoms with van der Waals surface area (Å²) >= 11 is 0. The van der Waals surface area contributed by atoms with Gasteiger partial charge in [-0.1, -0.05) is 48.5 Å². The highest BCUT2D eigenvalue weighted by molar-refractivity contribution is 5.70. The van der Waals surface area contributed by atoms with Crippen LogP contribution in [0.3, 0.4) is 0 Å². The first-order chi connectivity index (χ1) is 9.34. The van der Waals surface area contributed by atoms with Crippen LogP contribution in [0.5, 0.6) is 5.75 Å². The molecule has 1 fully saturated rings. The van der Waals surface area contributed by atoms with Gasteiger partial charge in [0, 0.05) is 18.7 Å². The van der Waals surface area contributed by atoms with Gasteiger partial charge in [-0.05, 0) is 11.6 Å². The summed E-state index contributed by atoms with van der Waals surface area (Å²) in [5.41, 5.74) is 2.18. The maximum atomic E-state index is 9.82. The molecule has 1 aliphatic rings. The standard InChI is InChI=1S/C16H17NO2/c18-14-10-17-11-16(14)19-15-9-5-4-8-13(15)12-6-2-1-3-7-12/h1-9,14,16-18H,10-11H2. The van der Waals surface area contributed by atoms with E-state index >= 15 is 0 Å². The van der Waals surface area contributed by atoms with Crippen LogP contribution in [0.4, 0.5) is 0 Å². The SMILES string of the molecule is OC1CNCC1Oc1ccccc1-c1ccccc1. The van der Waals surface area contributed by atoms with Crippen molar-refractivity contribution in [2.45, 2.75) is 12.2 Å². The average molecular weight is 255 g/mol. The fraction of sp³-hybridized carbons (Fsp3) is 0.250. The van der Waals surface area contributed by atoms with Crippen molar-refractivity contribution in [2.75, 3.05) is 13.1 Å². The number of β-amino-alcohol motifs (C(OH)–C–C–N with tert-alkyl or cyclic N) is 1. The lowest BCUT2D eigenvalue weighted by atomic mass is 10.0. The van der Waals surface area contributed by atoms with Gasteiger partial charge in [-0.3, -0.25) is 0 Å². The number of rotatable bonds is 3. The van der Waals surface area contributed by atoms with E-state index < -0.39 is 6.10 Å². The molecule has 3 heteroatoms. The number of hydrogen-bond acceptors (Lipinski definition) is 3. The minimum Gasteiger partial charge on any atom is -0.486 e. The molecular weight excluding hydrogens is 238 g/mol. The zero-order valence-corrected chi connectivity index (χ0v) is 10.6. The molecule has 0 radical (unpaired) electrons. The van der Waals surface area contributed by atoms with E-state index in [1.807, 2.05) is 42.5 Å². The average Bonchev–Trinajstić information content (AvgIpc) is 2.86. The molecule has 98 valence electrons. The lowest BCUT2D eigenvalue weighted by Gasteiger charge is -2.18. The van der Waals surface area contributed by atoms with Crippen LogP contribution >= 0.6 is 0 Å². The van der Waals surface area contributed by atoms with E-state index in [4.69, 9.17) is 4.74 Å². The zero-order valence-electron chi connectivity index (χ0n) is 10.6. The van der Waals surface area contributed by atoms with Crippen LogP contribution in [0.25, 0.3) is 11.1 Å². The highest BCUT2D eigenvalue weighted by atomic mass is 16.5. The Bertz CT molecular complexity index is 541. The molecule has 1 heterocycles. The lowest BCUT2D eigenvalue weighted by molar-refractivity contribution is 0.0741. The molecule has 0 aromatic heterocycles. The van der Waals surface area contributed by atoms with E-state index in [2.05, 4.69) is 17.4 Å². The number of nitrogens with one attached hydrogen (secondary N) is 1. The predicted octanol–water partition coefficient (Wildman–Crippen LogP) is 2.07. The van der Waals surface area contributed by atoms with Crippen LogP contribution in [0, 0.1) is 0 Å². The molecule has 0 saturated carbocycles. The fourth-order valence-electron chi connectivity index (χ4n) is 2.35. The Morgan fingerprint density at radius 3 is 2.42 bits per heavy atom. The van der Waals surface area contributed by atoms with Gasteiger partial charge in [0.05, 0.1) is 0 Å². The molecule has 0 bridgehead atoms. The van der Waals surface area contributed by atoms with Gasteiger partial charge in [-0.25, -0.2) is 0 Å². The largest absolute Gasteiger partial charge is 0.486 e. The van der Waals surface area contributed by atoms with Crippen LogP contribution in [0.15, 0.2) is 54.6 Å². The Hall–Kier alpha value is -1.84. The summed E-state index contributed by atoms with van der Waals surface area (Å²) in [6.45, 7) is 1.28. The van der Waals surface area contributed by atoms with Crippen molar-refractivity contribution in [1.82, 2.24) is 5.32 Å². The summed E-state index contributed by atoms with van der Waals surface area (Å²) < 4.78 is 5.96. The number of aliphatic hydroxyl groups is 1. The Kier molecular flexibility index (Phi) is 3.49. The first-order valence-corrected chi connectivity index (χ1v) is 6.54. The van der Waals surface area contributed by atoms with Crippen molar-refractivity contribution in [3.63, 3.8) is 0 Å². The summed E-state index contributed by atoms with van der Waals surface area (Å²) in [5, 5.41) is 13.0. The van der Waals surface area contributed by atoms with Gasteiger partial charge in [0.2, 0.25) is 0 Å². The third kappa shape index (κ3) is 2.62. The Morgan fingerprint density at radius 2 is 1.68 bits per heavy atom. The van der Waals surface area contributed by atoms with E-state index in [1.54, 1.807) is 0 Å². The van der Waals surface area contributed by atoms with Gasteiger partial charge in [-0.2, -0.15) is 0 Å². The first-order valence-electron chi connectivity index (χ1n) is 6.54. The summed E-state index contributed by atoms with van der Waals surface area (Å²) in [5.74, 6) is 0.821. The van der Waals surface area contributed by atoms with Crippen molar-refractivity contribution < 1.29 is 9.84 Å². The molecule has 0 spiro atoms. The van der Waals surface area contributed by atoms with Crippen LogP contribution in [0.2, 0.25) is 0 Å². The zero-order chi connectivity index (χ0) is 13.1. The number of benzene rings is 2. The molecule has 0 aliphatic carbocycles. The van der Waals surface area contributed by atoms with E-state index in [0.717, 1.165) is 16.9 Å². The molecule has 1 saturated heterocycles. The first kappa shape index (κ1) is 12.2. The minimum atomic E-state index is -0.441. The number of aliphatic hydroxyl groups excluding tert-OH is 1. The van der Waals surface area contributed by atoms with E-state index in [0.29, 0.717) is 13.1 Å². The lowest BCUT2D eigenvalue weighted by Crippen LogP contribution is -2.30. The molecule has 2 unspecified atom stereocenters. The van der Waals surface area contributed by atoms with Gasteiger partial charge in [-0.15, -0.1) is 0 Å². The molecule has 19 heavy (non-hydrogen) atoms. The third-order valence-electron chi connectivity index (χ3n) is 3.38. The van der Waals surface area contributed by atoms with Crippen LogP contribution in [-0.4, -0.2) is 30.4 Å².